The van der Waals surface area contributed by atoms with E-state index in [1.54, 1.807) is 12.4 Å². The number of carbonyl (C=O) groups is 1. The lowest BCUT2D eigenvalue weighted by Gasteiger charge is -2.19. The summed E-state index contributed by atoms with van der Waals surface area (Å²) >= 11 is 0. The van der Waals surface area contributed by atoms with Crippen LogP contribution in [0.3, 0.4) is 0 Å². The Hall–Kier alpha value is -1.62. The molecule has 1 rings (SSSR count). The van der Waals surface area contributed by atoms with Crippen molar-refractivity contribution < 1.29 is 9.53 Å². The zero-order valence-electron chi connectivity index (χ0n) is 11.1. The predicted octanol–water partition coefficient (Wildman–Crippen LogP) is 1.45. The summed E-state index contributed by atoms with van der Waals surface area (Å²) in [6.07, 6.45) is 5.41. The summed E-state index contributed by atoms with van der Waals surface area (Å²) in [6.45, 7) is 10.4. The highest BCUT2D eigenvalue weighted by molar-refractivity contribution is 5.71. The van der Waals surface area contributed by atoms with Gasteiger partial charge in [-0.2, -0.15) is 0 Å². The Kier molecular flexibility index (Phi) is 6.14. The number of aromatic nitrogens is 2. The van der Waals surface area contributed by atoms with Crippen LogP contribution in [0.1, 0.15) is 19.5 Å². The Morgan fingerprint density at radius 1 is 1.61 bits per heavy atom. The lowest BCUT2D eigenvalue weighted by Crippen LogP contribution is -2.31. The molecule has 0 saturated heterocycles. The largest absolute Gasteiger partial charge is 0.465 e. The van der Waals surface area contributed by atoms with Gasteiger partial charge in [0.25, 0.3) is 0 Å². The fourth-order valence-electron chi connectivity index (χ4n) is 1.75. The van der Waals surface area contributed by atoms with E-state index in [0.717, 1.165) is 12.2 Å². The third-order valence-electron chi connectivity index (χ3n) is 2.57. The van der Waals surface area contributed by atoms with Gasteiger partial charge in [-0.25, -0.2) is 4.98 Å². The molecule has 5 heteroatoms. The van der Waals surface area contributed by atoms with Gasteiger partial charge in [-0.05, 0) is 13.8 Å². The fraction of sp³-hybridized carbons (Fsp3) is 0.538. The Balaban J connectivity index is 2.62. The minimum atomic E-state index is -0.207. The predicted molar refractivity (Wildman–Crippen MR) is 70.0 cm³/mol. The van der Waals surface area contributed by atoms with Crippen molar-refractivity contribution >= 4 is 5.97 Å². The van der Waals surface area contributed by atoms with Crippen molar-refractivity contribution in [3.8, 4) is 0 Å². The van der Waals surface area contributed by atoms with Crippen LogP contribution in [0.25, 0.3) is 0 Å². The topological polar surface area (TPSA) is 47.4 Å². The van der Waals surface area contributed by atoms with Crippen molar-refractivity contribution in [1.29, 1.82) is 0 Å². The van der Waals surface area contributed by atoms with Gasteiger partial charge in [0.15, 0.2) is 0 Å². The first-order valence-electron chi connectivity index (χ1n) is 6.19. The van der Waals surface area contributed by atoms with Crippen molar-refractivity contribution in [2.45, 2.75) is 26.9 Å². The summed E-state index contributed by atoms with van der Waals surface area (Å²) in [7, 11) is 0. The lowest BCUT2D eigenvalue weighted by atomic mass is 10.3. The minimum Gasteiger partial charge on any atom is -0.465 e. The normalized spacial score (nSPS) is 10.6. The number of carbonyl (C=O) groups excluding carboxylic acids is 1. The highest BCUT2D eigenvalue weighted by atomic mass is 16.5. The smallest absolute Gasteiger partial charge is 0.320 e. The number of hydrogen-bond acceptors (Lipinski definition) is 4. The van der Waals surface area contributed by atoms with Gasteiger partial charge in [-0.15, -0.1) is 6.58 Å². The Morgan fingerprint density at radius 3 is 3.00 bits per heavy atom. The van der Waals surface area contributed by atoms with Crippen molar-refractivity contribution in [2.24, 2.45) is 0 Å². The van der Waals surface area contributed by atoms with Crippen LogP contribution < -0.4 is 0 Å². The zero-order valence-corrected chi connectivity index (χ0v) is 11.1. The van der Waals surface area contributed by atoms with Crippen LogP contribution in [0, 0.1) is 0 Å². The van der Waals surface area contributed by atoms with Gasteiger partial charge < -0.3 is 9.30 Å². The molecule has 0 fully saturated rings. The van der Waals surface area contributed by atoms with E-state index >= 15 is 0 Å². The number of rotatable bonds is 8. The first-order chi connectivity index (χ1) is 8.71. The summed E-state index contributed by atoms with van der Waals surface area (Å²) in [4.78, 5) is 17.6. The number of imidazole rings is 1. The molecule has 0 aromatic carbocycles. The molecule has 0 unspecified atom stereocenters. The number of aryl methyl sites for hydroxylation is 1. The highest BCUT2D eigenvalue weighted by Gasteiger charge is 2.12. The average Bonchev–Trinajstić information content (AvgIpc) is 2.76. The number of ether oxygens (including phenoxy) is 1. The third kappa shape index (κ3) is 4.33. The molecule has 100 valence electrons. The summed E-state index contributed by atoms with van der Waals surface area (Å²) < 4.78 is 7.01. The summed E-state index contributed by atoms with van der Waals surface area (Å²) in [5.74, 6) is -0.207. The highest BCUT2D eigenvalue weighted by Crippen LogP contribution is 2.05. The summed E-state index contributed by atoms with van der Waals surface area (Å²) in [5, 5.41) is 0. The van der Waals surface area contributed by atoms with E-state index in [0.29, 0.717) is 19.7 Å². The van der Waals surface area contributed by atoms with E-state index in [1.165, 1.54) is 0 Å². The maximum absolute atomic E-state index is 11.5. The number of hydrogen-bond donors (Lipinski definition) is 0. The van der Waals surface area contributed by atoms with Gasteiger partial charge in [0.05, 0.1) is 25.2 Å². The molecule has 5 nitrogen and oxygen atoms in total. The van der Waals surface area contributed by atoms with E-state index in [-0.39, 0.29) is 12.5 Å². The molecule has 0 aliphatic carbocycles. The van der Waals surface area contributed by atoms with Crippen molar-refractivity contribution in [1.82, 2.24) is 14.5 Å². The van der Waals surface area contributed by atoms with Gasteiger partial charge in [0.2, 0.25) is 0 Å². The SMILES string of the molecule is C=CCN(CC(=O)OCC)Cc1cncn1CC. The molecule has 1 heterocycles. The van der Waals surface area contributed by atoms with Crippen LogP contribution in [-0.2, 0) is 22.6 Å². The molecule has 0 N–H and O–H groups in total. The molecule has 0 saturated carbocycles. The van der Waals surface area contributed by atoms with Gasteiger partial charge in [0, 0.05) is 25.8 Å². The maximum atomic E-state index is 11.5. The van der Waals surface area contributed by atoms with Crippen LogP contribution in [0.4, 0.5) is 0 Å². The minimum absolute atomic E-state index is 0.207. The molecule has 0 atom stereocenters. The quantitative estimate of drug-likeness (QED) is 0.518. The van der Waals surface area contributed by atoms with Crippen LogP contribution in [0.5, 0.6) is 0 Å². The van der Waals surface area contributed by atoms with E-state index in [1.807, 2.05) is 18.0 Å². The van der Waals surface area contributed by atoms with E-state index in [4.69, 9.17) is 4.74 Å². The van der Waals surface area contributed by atoms with Crippen LogP contribution in [-0.4, -0.2) is 40.1 Å². The Bertz CT molecular complexity index is 387. The fourth-order valence-corrected chi connectivity index (χ4v) is 1.75. The molecular formula is C13H21N3O2. The van der Waals surface area contributed by atoms with Crippen molar-refractivity contribution in [3.63, 3.8) is 0 Å². The molecule has 0 amide bonds. The van der Waals surface area contributed by atoms with E-state index in [2.05, 4.69) is 23.1 Å². The monoisotopic (exact) mass is 251 g/mol. The molecule has 1 aromatic heterocycles. The number of esters is 1. The van der Waals surface area contributed by atoms with Crippen molar-refractivity contribution in [3.05, 3.63) is 30.9 Å². The summed E-state index contributed by atoms with van der Waals surface area (Å²) in [5.41, 5.74) is 1.09. The van der Waals surface area contributed by atoms with Gasteiger partial charge >= 0.3 is 5.97 Å². The second-order valence-electron chi connectivity index (χ2n) is 3.93. The molecule has 0 aliphatic heterocycles. The standard InChI is InChI=1S/C13H21N3O2/c1-4-7-15(10-13(17)18-6-3)9-12-8-14-11-16(12)5-2/h4,8,11H,1,5-7,9-10H2,2-3H3. The molecular weight excluding hydrogens is 230 g/mol. The zero-order chi connectivity index (χ0) is 13.4. The molecule has 0 radical (unpaired) electrons. The van der Waals surface area contributed by atoms with Gasteiger partial charge in [-0.1, -0.05) is 6.08 Å². The van der Waals surface area contributed by atoms with Gasteiger partial charge in [0.1, 0.15) is 0 Å². The van der Waals surface area contributed by atoms with Crippen LogP contribution in [0.2, 0.25) is 0 Å². The molecule has 0 aliphatic rings. The first kappa shape index (κ1) is 14.4. The molecule has 18 heavy (non-hydrogen) atoms. The molecule has 0 spiro atoms. The molecule has 1 aromatic rings. The Labute approximate surface area is 108 Å². The van der Waals surface area contributed by atoms with Gasteiger partial charge in [-0.3, -0.25) is 9.69 Å². The second-order valence-corrected chi connectivity index (χ2v) is 3.93. The van der Waals surface area contributed by atoms with E-state index in [9.17, 15) is 4.79 Å². The summed E-state index contributed by atoms with van der Waals surface area (Å²) in [6, 6.07) is 0. The first-order valence-corrected chi connectivity index (χ1v) is 6.19. The van der Waals surface area contributed by atoms with Crippen LogP contribution >= 0.6 is 0 Å². The Morgan fingerprint density at radius 2 is 2.39 bits per heavy atom. The number of nitrogens with zero attached hydrogens (tertiary/aromatic N) is 3. The van der Waals surface area contributed by atoms with Crippen molar-refractivity contribution in [2.75, 3.05) is 19.7 Å². The average molecular weight is 251 g/mol. The van der Waals surface area contributed by atoms with E-state index < -0.39 is 0 Å². The third-order valence-corrected chi connectivity index (χ3v) is 2.57. The maximum Gasteiger partial charge on any atom is 0.320 e. The lowest BCUT2D eigenvalue weighted by molar-refractivity contribution is -0.144. The van der Waals surface area contributed by atoms with Crippen LogP contribution in [0.15, 0.2) is 25.2 Å². The molecule has 0 bridgehead atoms. The second kappa shape index (κ2) is 7.66.